The first kappa shape index (κ1) is 22.7. The van der Waals surface area contributed by atoms with E-state index in [1.807, 2.05) is 19.1 Å². The van der Waals surface area contributed by atoms with Crippen LogP contribution in [0.1, 0.15) is 23.7 Å². The molecule has 0 aliphatic carbocycles. The lowest BCUT2D eigenvalue weighted by atomic mass is 10.2. The van der Waals surface area contributed by atoms with E-state index in [1.54, 1.807) is 67.8 Å². The highest BCUT2D eigenvalue weighted by molar-refractivity contribution is 6.05. The van der Waals surface area contributed by atoms with Gasteiger partial charge in [-0.25, -0.2) is 0 Å². The smallest absolute Gasteiger partial charge is 0.262 e. The fourth-order valence-corrected chi connectivity index (χ4v) is 2.85. The Hall–Kier alpha value is -4.00. The van der Waals surface area contributed by atoms with E-state index >= 15 is 0 Å². The summed E-state index contributed by atoms with van der Waals surface area (Å²) < 4.78 is 16.3. The lowest BCUT2D eigenvalue weighted by molar-refractivity contribution is -0.118. The molecule has 0 aliphatic heterocycles. The summed E-state index contributed by atoms with van der Waals surface area (Å²) in [5, 5.41) is 5.56. The molecule has 3 aromatic rings. The van der Waals surface area contributed by atoms with Gasteiger partial charge >= 0.3 is 0 Å². The summed E-state index contributed by atoms with van der Waals surface area (Å²) in [6.07, 6.45) is 0.936. The number of carbonyl (C=O) groups is 2. The van der Waals surface area contributed by atoms with Crippen molar-refractivity contribution in [1.82, 2.24) is 0 Å². The second kappa shape index (κ2) is 11.4. The Morgan fingerprint density at radius 2 is 1.47 bits per heavy atom. The molecule has 3 aromatic carbocycles. The molecule has 166 valence electrons. The summed E-state index contributed by atoms with van der Waals surface area (Å²) in [6, 6.07) is 20.9. The Labute approximate surface area is 187 Å². The van der Waals surface area contributed by atoms with Gasteiger partial charge in [-0.3, -0.25) is 9.59 Å². The second-order valence-electron chi connectivity index (χ2n) is 6.89. The number of anilines is 2. The first-order chi connectivity index (χ1) is 15.6. The molecule has 0 aromatic heterocycles. The molecule has 3 rings (SSSR count). The van der Waals surface area contributed by atoms with Gasteiger partial charge in [0.25, 0.3) is 11.8 Å². The number of hydrogen-bond acceptors (Lipinski definition) is 5. The third-order valence-electron chi connectivity index (χ3n) is 4.45. The maximum atomic E-state index is 12.5. The summed E-state index contributed by atoms with van der Waals surface area (Å²) in [4.78, 5) is 24.6. The molecule has 0 saturated heterocycles. The van der Waals surface area contributed by atoms with Gasteiger partial charge in [0.1, 0.15) is 17.2 Å². The lowest BCUT2D eigenvalue weighted by Crippen LogP contribution is -2.20. The van der Waals surface area contributed by atoms with E-state index in [0.717, 1.165) is 12.2 Å². The van der Waals surface area contributed by atoms with Gasteiger partial charge in [0.2, 0.25) is 0 Å². The van der Waals surface area contributed by atoms with Crippen molar-refractivity contribution in [3.63, 3.8) is 0 Å². The number of methoxy groups -OCH3 is 1. The maximum Gasteiger partial charge on any atom is 0.262 e. The third-order valence-corrected chi connectivity index (χ3v) is 4.45. The standard InChI is InChI=1S/C25H26N2O5/c1-3-16-31-20-12-14-21(15-13-20)32-17-24(28)26-19-10-8-18(9-11-19)25(29)27-22-6-4-5-7-23(22)30-2/h4-15H,3,16-17H2,1-2H3,(H,26,28)(H,27,29). The molecule has 32 heavy (non-hydrogen) atoms. The van der Waals surface area contributed by atoms with Gasteiger partial charge in [-0.05, 0) is 67.1 Å². The number of amides is 2. The topological polar surface area (TPSA) is 85.9 Å². The van der Waals surface area contributed by atoms with Gasteiger partial charge in [-0.1, -0.05) is 19.1 Å². The van der Waals surface area contributed by atoms with Crippen molar-refractivity contribution in [3.05, 3.63) is 78.4 Å². The molecule has 0 spiro atoms. The van der Waals surface area contributed by atoms with Crippen LogP contribution in [0.3, 0.4) is 0 Å². The van der Waals surface area contributed by atoms with Crippen LogP contribution in [0.15, 0.2) is 72.8 Å². The normalized spacial score (nSPS) is 10.2. The predicted octanol–water partition coefficient (Wildman–Crippen LogP) is 4.75. The van der Waals surface area contributed by atoms with E-state index in [1.165, 1.54) is 0 Å². The van der Waals surface area contributed by atoms with Crippen molar-refractivity contribution in [2.75, 3.05) is 31.0 Å². The molecule has 0 saturated carbocycles. The number of hydrogen-bond donors (Lipinski definition) is 2. The summed E-state index contributed by atoms with van der Waals surface area (Å²) in [7, 11) is 1.54. The van der Waals surface area contributed by atoms with Gasteiger partial charge in [-0.2, -0.15) is 0 Å². The van der Waals surface area contributed by atoms with Crippen molar-refractivity contribution >= 4 is 23.2 Å². The Kier molecular flexibility index (Phi) is 8.09. The third kappa shape index (κ3) is 6.50. The van der Waals surface area contributed by atoms with E-state index in [-0.39, 0.29) is 18.4 Å². The largest absolute Gasteiger partial charge is 0.495 e. The van der Waals surface area contributed by atoms with Crippen molar-refractivity contribution in [2.24, 2.45) is 0 Å². The first-order valence-electron chi connectivity index (χ1n) is 10.3. The average Bonchev–Trinajstić information content (AvgIpc) is 2.83. The highest BCUT2D eigenvalue weighted by Gasteiger charge is 2.10. The average molecular weight is 434 g/mol. The summed E-state index contributed by atoms with van der Waals surface area (Å²) in [5.74, 6) is 1.34. The second-order valence-corrected chi connectivity index (χ2v) is 6.89. The molecule has 7 heteroatoms. The summed E-state index contributed by atoms with van der Waals surface area (Å²) in [5.41, 5.74) is 1.60. The number of benzene rings is 3. The minimum atomic E-state index is -0.303. The Bertz CT molecular complexity index is 1030. The number of carbonyl (C=O) groups excluding carboxylic acids is 2. The monoisotopic (exact) mass is 434 g/mol. The van der Waals surface area contributed by atoms with Crippen molar-refractivity contribution in [3.8, 4) is 17.2 Å². The highest BCUT2D eigenvalue weighted by atomic mass is 16.5. The van der Waals surface area contributed by atoms with Crippen LogP contribution in [0.5, 0.6) is 17.2 Å². The van der Waals surface area contributed by atoms with Crippen molar-refractivity contribution in [1.29, 1.82) is 0 Å². The van der Waals surface area contributed by atoms with Crippen LogP contribution in [0.4, 0.5) is 11.4 Å². The molecule has 0 fully saturated rings. The number of para-hydroxylation sites is 2. The zero-order chi connectivity index (χ0) is 22.8. The molecule has 0 aliphatic rings. The van der Waals surface area contributed by atoms with Crippen LogP contribution in [0.25, 0.3) is 0 Å². The van der Waals surface area contributed by atoms with Crippen LogP contribution >= 0.6 is 0 Å². The highest BCUT2D eigenvalue weighted by Crippen LogP contribution is 2.24. The minimum absolute atomic E-state index is 0.134. The Balaban J connectivity index is 1.49. The van der Waals surface area contributed by atoms with Crippen molar-refractivity contribution < 1.29 is 23.8 Å². The van der Waals surface area contributed by atoms with Crippen molar-refractivity contribution in [2.45, 2.75) is 13.3 Å². The zero-order valence-electron chi connectivity index (χ0n) is 18.1. The SMILES string of the molecule is CCCOc1ccc(OCC(=O)Nc2ccc(C(=O)Nc3ccccc3OC)cc2)cc1. The fourth-order valence-electron chi connectivity index (χ4n) is 2.85. The molecule has 0 heterocycles. The van der Waals surface area contributed by atoms with E-state index in [4.69, 9.17) is 14.2 Å². The molecular weight excluding hydrogens is 408 g/mol. The Morgan fingerprint density at radius 3 is 2.12 bits per heavy atom. The number of rotatable bonds is 10. The number of ether oxygens (including phenoxy) is 3. The zero-order valence-corrected chi connectivity index (χ0v) is 18.1. The minimum Gasteiger partial charge on any atom is -0.495 e. The molecule has 0 atom stereocenters. The maximum absolute atomic E-state index is 12.5. The molecule has 0 bridgehead atoms. The molecule has 0 radical (unpaired) electrons. The van der Waals surface area contributed by atoms with Gasteiger partial charge in [0.05, 0.1) is 19.4 Å². The van der Waals surface area contributed by atoms with Crippen LogP contribution in [-0.2, 0) is 4.79 Å². The van der Waals surface area contributed by atoms with Gasteiger partial charge in [0.15, 0.2) is 6.61 Å². The number of nitrogens with one attached hydrogen (secondary N) is 2. The van der Waals surface area contributed by atoms with E-state index in [9.17, 15) is 9.59 Å². The fraction of sp³-hybridized carbons (Fsp3) is 0.200. The summed E-state index contributed by atoms with van der Waals surface area (Å²) >= 11 is 0. The van der Waals surface area contributed by atoms with Crippen LogP contribution in [0, 0.1) is 0 Å². The van der Waals surface area contributed by atoms with Gasteiger partial charge in [0, 0.05) is 11.3 Å². The van der Waals surface area contributed by atoms with E-state index < -0.39 is 0 Å². The Morgan fingerprint density at radius 1 is 0.812 bits per heavy atom. The molecule has 7 nitrogen and oxygen atoms in total. The van der Waals surface area contributed by atoms with Gasteiger partial charge < -0.3 is 24.8 Å². The van der Waals surface area contributed by atoms with Crippen LogP contribution < -0.4 is 24.8 Å². The quantitative estimate of drug-likeness (QED) is 0.481. The molecular formula is C25H26N2O5. The van der Waals surface area contributed by atoms with E-state index in [2.05, 4.69) is 10.6 Å². The predicted molar refractivity (Wildman–Crippen MR) is 124 cm³/mol. The van der Waals surface area contributed by atoms with Gasteiger partial charge in [-0.15, -0.1) is 0 Å². The molecule has 2 amide bonds. The first-order valence-corrected chi connectivity index (χ1v) is 10.3. The lowest BCUT2D eigenvalue weighted by Gasteiger charge is -2.11. The molecule has 2 N–H and O–H groups in total. The van der Waals surface area contributed by atoms with E-state index in [0.29, 0.717) is 35.0 Å². The molecule has 0 unspecified atom stereocenters. The summed E-state index contributed by atoms with van der Waals surface area (Å²) in [6.45, 7) is 2.56. The van der Waals surface area contributed by atoms with Crippen LogP contribution in [0.2, 0.25) is 0 Å². The van der Waals surface area contributed by atoms with Crippen LogP contribution in [-0.4, -0.2) is 32.1 Å².